The average molecular weight is 256 g/mol. The van der Waals surface area contributed by atoms with Crippen molar-refractivity contribution in [2.24, 2.45) is 5.41 Å². The van der Waals surface area contributed by atoms with E-state index < -0.39 is 0 Å². The molecule has 0 radical (unpaired) electrons. The van der Waals surface area contributed by atoms with Gasteiger partial charge < -0.3 is 0 Å². The molecule has 0 fully saturated rings. The van der Waals surface area contributed by atoms with Gasteiger partial charge in [-0.05, 0) is 36.5 Å². The van der Waals surface area contributed by atoms with Gasteiger partial charge in [-0.15, -0.1) is 0 Å². The molecule has 3 nitrogen and oxygen atoms in total. The quantitative estimate of drug-likeness (QED) is 0.845. The molecule has 2 rings (SSSR count). The molecule has 100 valence electrons. The van der Waals surface area contributed by atoms with Gasteiger partial charge in [0.15, 0.2) is 0 Å². The number of aromatic nitrogens is 2. The number of hydrogen-bond acceptors (Lipinski definition) is 2. The van der Waals surface area contributed by atoms with Crippen LogP contribution in [0.2, 0.25) is 0 Å². The van der Waals surface area contributed by atoms with E-state index in [9.17, 15) is 4.79 Å². The van der Waals surface area contributed by atoms with E-state index in [4.69, 9.17) is 0 Å². The summed E-state index contributed by atoms with van der Waals surface area (Å²) < 4.78 is 1.70. The molecule has 0 N–H and O–H groups in total. The van der Waals surface area contributed by atoms with Crippen LogP contribution >= 0.6 is 0 Å². The Morgan fingerprint density at radius 2 is 1.89 bits per heavy atom. The van der Waals surface area contributed by atoms with Gasteiger partial charge >= 0.3 is 0 Å². The molecule has 0 aliphatic carbocycles. The van der Waals surface area contributed by atoms with Crippen molar-refractivity contribution in [3.05, 3.63) is 58.6 Å². The highest BCUT2D eigenvalue weighted by atomic mass is 16.1. The molecule has 0 aromatic carbocycles. The van der Waals surface area contributed by atoms with Crippen LogP contribution in [0.1, 0.15) is 32.9 Å². The smallest absolute Gasteiger partial charge is 0.256 e. The van der Waals surface area contributed by atoms with Gasteiger partial charge in [-0.2, -0.15) is 0 Å². The maximum Gasteiger partial charge on any atom is 0.256 e. The van der Waals surface area contributed by atoms with Crippen LogP contribution in [0.5, 0.6) is 0 Å². The second-order valence-electron chi connectivity index (χ2n) is 5.94. The van der Waals surface area contributed by atoms with Crippen molar-refractivity contribution in [3.8, 4) is 5.82 Å². The summed E-state index contributed by atoms with van der Waals surface area (Å²) in [7, 11) is 0. The summed E-state index contributed by atoms with van der Waals surface area (Å²) in [6, 6.07) is 11.0. The Kier molecular flexibility index (Phi) is 3.84. The monoisotopic (exact) mass is 256 g/mol. The minimum absolute atomic E-state index is 0.0230. The summed E-state index contributed by atoms with van der Waals surface area (Å²) >= 11 is 0. The van der Waals surface area contributed by atoms with Crippen LogP contribution in [0.15, 0.2) is 47.4 Å². The summed E-state index contributed by atoms with van der Waals surface area (Å²) in [6.07, 6.45) is 3.61. The predicted molar refractivity (Wildman–Crippen MR) is 77.6 cm³/mol. The van der Waals surface area contributed by atoms with Crippen molar-refractivity contribution in [1.82, 2.24) is 9.55 Å². The van der Waals surface area contributed by atoms with Crippen molar-refractivity contribution >= 4 is 0 Å². The van der Waals surface area contributed by atoms with Crippen molar-refractivity contribution in [1.29, 1.82) is 0 Å². The number of aryl methyl sites for hydroxylation is 1. The highest BCUT2D eigenvalue weighted by Gasteiger charge is 2.13. The molecule has 3 heteroatoms. The first-order valence-corrected chi connectivity index (χ1v) is 6.60. The van der Waals surface area contributed by atoms with Crippen molar-refractivity contribution in [3.63, 3.8) is 0 Å². The van der Waals surface area contributed by atoms with Crippen LogP contribution in [0.3, 0.4) is 0 Å². The first kappa shape index (κ1) is 13.5. The number of hydrogen-bond donors (Lipinski definition) is 0. The maximum atomic E-state index is 12.1. The van der Waals surface area contributed by atoms with Gasteiger partial charge in [0.25, 0.3) is 5.56 Å². The Hall–Kier alpha value is -1.90. The van der Waals surface area contributed by atoms with E-state index in [1.54, 1.807) is 16.8 Å². The third-order valence-corrected chi connectivity index (χ3v) is 3.04. The lowest BCUT2D eigenvalue weighted by atomic mass is 9.90. The number of nitrogens with zero attached hydrogens (tertiary/aromatic N) is 2. The SMILES string of the molecule is CC(C)(C)CCc1cccc(=O)n1-c1ccccn1. The molecule has 0 amide bonds. The summed E-state index contributed by atoms with van der Waals surface area (Å²) in [5.74, 6) is 0.692. The minimum atomic E-state index is -0.0230. The summed E-state index contributed by atoms with van der Waals surface area (Å²) in [5.41, 5.74) is 1.24. The molecule has 0 atom stereocenters. The zero-order valence-electron chi connectivity index (χ0n) is 11.8. The van der Waals surface area contributed by atoms with Gasteiger partial charge in [0.05, 0.1) is 0 Å². The number of rotatable bonds is 3. The van der Waals surface area contributed by atoms with E-state index >= 15 is 0 Å². The van der Waals surface area contributed by atoms with E-state index in [1.807, 2.05) is 30.3 Å². The molecule has 0 saturated carbocycles. The standard InChI is InChI=1S/C16H20N2O/c1-16(2,3)11-10-13-7-6-9-15(19)18(13)14-8-4-5-12-17-14/h4-9,12H,10-11H2,1-3H3. The van der Waals surface area contributed by atoms with Crippen molar-refractivity contribution in [2.75, 3.05) is 0 Å². The Morgan fingerprint density at radius 3 is 2.53 bits per heavy atom. The van der Waals surface area contributed by atoms with Crippen LogP contribution in [0.25, 0.3) is 5.82 Å². The van der Waals surface area contributed by atoms with Gasteiger partial charge in [0.1, 0.15) is 5.82 Å². The molecule has 19 heavy (non-hydrogen) atoms. The third kappa shape index (κ3) is 3.53. The second kappa shape index (κ2) is 5.39. The van der Waals surface area contributed by atoms with Crippen LogP contribution in [0.4, 0.5) is 0 Å². The molecule has 2 heterocycles. The first-order chi connectivity index (χ1) is 8.97. The van der Waals surface area contributed by atoms with Crippen LogP contribution in [0, 0.1) is 5.41 Å². The molecule has 0 aliphatic heterocycles. The normalized spacial score (nSPS) is 11.5. The Morgan fingerprint density at radius 1 is 1.11 bits per heavy atom. The molecular formula is C16H20N2O. The first-order valence-electron chi connectivity index (χ1n) is 6.60. The van der Waals surface area contributed by atoms with Crippen LogP contribution in [-0.4, -0.2) is 9.55 Å². The molecule has 0 unspecified atom stereocenters. The van der Waals surface area contributed by atoms with Gasteiger partial charge in [-0.25, -0.2) is 4.98 Å². The molecule has 2 aromatic rings. The summed E-state index contributed by atoms with van der Waals surface area (Å²) in [5, 5.41) is 0. The molecule has 0 aliphatic rings. The lowest BCUT2D eigenvalue weighted by Crippen LogP contribution is -2.22. The highest BCUT2D eigenvalue weighted by Crippen LogP contribution is 2.21. The van der Waals surface area contributed by atoms with Crippen LogP contribution < -0.4 is 5.56 Å². The van der Waals surface area contributed by atoms with Gasteiger partial charge in [-0.1, -0.05) is 32.9 Å². The van der Waals surface area contributed by atoms with Gasteiger partial charge in [-0.3, -0.25) is 9.36 Å². The van der Waals surface area contributed by atoms with E-state index in [0.29, 0.717) is 5.82 Å². The summed E-state index contributed by atoms with van der Waals surface area (Å²) in [6.45, 7) is 6.62. The topological polar surface area (TPSA) is 34.9 Å². The Labute approximate surface area is 113 Å². The average Bonchev–Trinajstić information content (AvgIpc) is 2.36. The summed E-state index contributed by atoms with van der Waals surface area (Å²) in [4.78, 5) is 16.4. The minimum Gasteiger partial charge on any atom is -0.269 e. The Balaban J connectivity index is 2.40. The van der Waals surface area contributed by atoms with Crippen molar-refractivity contribution < 1.29 is 0 Å². The highest BCUT2D eigenvalue weighted by molar-refractivity contribution is 5.26. The second-order valence-corrected chi connectivity index (χ2v) is 5.94. The van der Waals surface area contributed by atoms with E-state index in [1.165, 1.54) is 0 Å². The van der Waals surface area contributed by atoms with E-state index in [-0.39, 0.29) is 11.0 Å². The van der Waals surface area contributed by atoms with Crippen LogP contribution in [-0.2, 0) is 6.42 Å². The van der Waals surface area contributed by atoms with E-state index in [0.717, 1.165) is 18.5 Å². The molecular weight excluding hydrogens is 236 g/mol. The zero-order chi connectivity index (χ0) is 13.9. The maximum absolute atomic E-state index is 12.1. The molecule has 0 saturated heterocycles. The molecule has 0 spiro atoms. The van der Waals surface area contributed by atoms with Gasteiger partial charge in [0.2, 0.25) is 0 Å². The van der Waals surface area contributed by atoms with Crippen molar-refractivity contribution in [2.45, 2.75) is 33.6 Å². The molecule has 0 bridgehead atoms. The fourth-order valence-electron chi connectivity index (χ4n) is 1.98. The third-order valence-electron chi connectivity index (χ3n) is 3.04. The molecule has 2 aromatic heterocycles. The lowest BCUT2D eigenvalue weighted by Gasteiger charge is -2.19. The largest absolute Gasteiger partial charge is 0.269 e. The fraction of sp³-hybridized carbons (Fsp3) is 0.375. The van der Waals surface area contributed by atoms with E-state index in [2.05, 4.69) is 25.8 Å². The fourth-order valence-corrected chi connectivity index (χ4v) is 1.98. The number of pyridine rings is 2. The zero-order valence-corrected chi connectivity index (χ0v) is 11.8. The predicted octanol–water partition coefficient (Wildman–Crippen LogP) is 3.21. The van der Waals surface area contributed by atoms with Gasteiger partial charge in [0, 0.05) is 18.0 Å². The lowest BCUT2D eigenvalue weighted by molar-refractivity contribution is 0.375. The Bertz CT molecular complexity index is 594.